The van der Waals surface area contributed by atoms with E-state index in [1.807, 2.05) is 6.92 Å². The highest BCUT2D eigenvalue weighted by molar-refractivity contribution is 7.89. The van der Waals surface area contributed by atoms with Crippen LogP contribution in [0.2, 0.25) is 0 Å². The van der Waals surface area contributed by atoms with Crippen LogP contribution in [0.15, 0.2) is 29.2 Å². The molecule has 1 amide bonds. The smallest absolute Gasteiger partial charge is 0.407 e. The maximum Gasteiger partial charge on any atom is 0.407 e. The molecule has 0 radical (unpaired) electrons. The molecule has 8 heteroatoms. The number of rotatable bonds is 3. The number of benzene rings is 1. The molecule has 3 rings (SSSR count). The van der Waals surface area contributed by atoms with Gasteiger partial charge < -0.3 is 15.2 Å². The molecule has 2 N–H and O–H groups in total. The Kier molecular flexibility index (Phi) is 3.39. The summed E-state index contributed by atoms with van der Waals surface area (Å²) in [6.45, 7) is 1.54. The largest absolute Gasteiger partial charge is 0.443 e. The van der Waals surface area contributed by atoms with Crippen LogP contribution in [0, 0.1) is 6.92 Å². The lowest BCUT2D eigenvalue weighted by Gasteiger charge is -2.24. The summed E-state index contributed by atoms with van der Waals surface area (Å²) in [5.41, 5.74) is 0.960. The molecule has 0 aliphatic carbocycles. The number of ether oxygens (including phenoxy) is 1. The molecule has 0 unspecified atom stereocenters. The first kappa shape index (κ1) is 14.3. The van der Waals surface area contributed by atoms with Gasteiger partial charge in [-0.15, -0.1) is 0 Å². The van der Waals surface area contributed by atoms with Crippen LogP contribution in [0.25, 0.3) is 0 Å². The minimum atomic E-state index is -3.73. The predicted molar refractivity (Wildman–Crippen MR) is 73.1 cm³/mol. The van der Waals surface area contributed by atoms with Crippen molar-refractivity contribution >= 4 is 16.1 Å². The number of fused-ring (bicyclic) bond motifs is 1. The zero-order valence-corrected chi connectivity index (χ0v) is 12.2. The molecule has 2 aliphatic rings. The maximum atomic E-state index is 12.7. The van der Waals surface area contributed by atoms with Crippen molar-refractivity contribution in [2.24, 2.45) is 0 Å². The van der Waals surface area contributed by atoms with Crippen LogP contribution < -0.4 is 5.32 Å². The lowest BCUT2D eigenvalue weighted by Crippen LogP contribution is -2.47. The number of hydrogen-bond acceptors (Lipinski definition) is 5. The zero-order valence-electron chi connectivity index (χ0n) is 11.4. The van der Waals surface area contributed by atoms with E-state index in [9.17, 15) is 18.3 Å². The summed E-state index contributed by atoms with van der Waals surface area (Å²) in [6.07, 6.45) is -1.13. The fourth-order valence-corrected chi connectivity index (χ4v) is 4.44. The number of carbonyl (C=O) groups is 1. The van der Waals surface area contributed by atoms with Gasteiger partial charge in [0.05, 0.1) is 30.1 Å². The topological polar surface area (TPSA) is 95.9 Å². The normalized spacial score (nSPS) is 29.0. The minimum absolute atomic E-state index is 0.0465. The molecule has 21 heavy (non-hydrogen) atoms. The quantitative estimate of drug-likeness (QED) is 0.808. The molecule has 0 spiro atoms. The Morgan fingerprint density at radius 3 is 2.67 bits per heavy atom. The van der Waals surface area contributed by atoms with E-state index in [1.165, 1.54) is 16.4 Å². The molecular weight excluding hydrogens is 296 g/mol. The van der Waals surface area contributed by atoms with Crippen LogP contribution in [0.3, 0.4) is 0 Å². The van der Waals surface area contributed by atoms with Crippen LogP contribution in [-0.2, 0) is 14.8 Å². The molecule has 7 nitrogen and oxygen atoms in total. The summed E-state index contributed by atoms with van der Waals surface area (Å²) in [4.78, 5) is 11.4. The summed E-state index contributed by atoms with van der Waals surface area (Å²) >= 11 is 0. The van der Waals surface area contributed by atoms with Crippen LogP contribution >= 0.6 is 0 Å². The third-order valence-electron chi connectivity index (χ3n) is 3.90. The fourth-order valence-electron chi connectivity index (χ4n) is 2.79. The highest BCUT2D eigenvalue weighted by Crippen LogP contribution is 2.30. The van der Waals surface area contributed by atoms with Gasteiger partial charge in [-0.2, -0.15) is 4.31 Å². The average molecular weight is 312 g/mol. The van der Waals surface area contributed by atoms with Crippen molar-refractivity contribution in [1.82, 2.24) is 9.62 Å². The Labute approximate surface area is 122 Å². The van der Waals surface area contributed by atoms with Crippen LogP contribution in [0.1, 0.15) is 5.56 Å². The number of nitrogens with zero attached hydrogens (tertiary/aromatic N) is 1. The van der Waals surface area contributed by atoms with Gasteiger partial charge in [0.2, 0.25) is 10.0 Å². The average Bonchev–Trinajstić information content (AvgIpc) is 2.95. The first-order chi connectivity index (χ1) is 9.93. The number of nitrogens with one attached hydrogen (secondary N) is 1. The molecule has 2 saturated heterocycles. The number of sulfonamides is 1. The van der Waals surface area contributed by atoms with E-state index in [2.05, 4.69) is 5.32 Å². The van der Waals surface area contributed by atoms with Crippen LogP contribution in [0.5, 0.6) is 0 Å². The number of aliphatic hydroxyl groups is 1. The number of aliphatic hydroxyl groups excluding tert-OH is 1. The number of alkyl carbamates (subject to hydrolysis) is 1. The Hall–Kier alpha value is -1.64. The molecule has 0 aromatic heterocycles. The van der Waals surface area contributed by atoms with E-state index in [0.29, 0.717) is 0 Å². The van der Waals surface area contributed by atoms with Gasteiger partial charge in [0.15, 0.2) is 0 Å². The summed E-state index contributed by atoms with van der Waals surface area (Å²) in [5.74, 6) is 0. The second kappa shape index (κ2) is 4.97. The number of hydrogen-bond donors (Lipinski definition) is 2. The van der Waals surface area contributed by atoms with Crippen molar-refractivity contribution in [3.63, 3.8) is 0 Å². The van der Waals surface area contributed by atoms with Gasteiger partial charge in [-0.1, -0.05) is 17.7 Å². The molecule has 2 heterocycles. The molecule has 3 atom stereocenters. The Morgan fingerprint density at radius 1 is 1.38 bits per heavy atom. The molecule has 2 fully saturated rings. The third-order valence-corrected chi connectivity index (χ3v) is 5.81. The zero-order chi connectivity index (χ0) is 15.2. The van der Waals surface area contributed by atoms with Gasteiger partial charge in [-0.05, 0) is 19.1 Å². The first-order valence-corrected chi connectivity index (χ1v) is 8.04. The van der Waals surface area contributed by atoms with E-state index in [0.717, 1.165) is 5.56 Å². The van der Waals surface area contributed by atoms with Crippen molar-refractivity contribution in [3.8, 4) is 0 Å². The maximum absolute atomic E-state index is 12.7. The lowest BCUT2D eigenvalue weighted by molar-refractivity contribution is 0.138. The molecule has 114 valence electrons. The molecule has 1 aromatic rings. The molecule has 1 aromatic carbocycles. The number of amides is 1. The summed E-state index contributed by atoms with van der Waals surface area (Å²) in [6, 6.07) is 5.28. The van der Waals surface area contributed by atoms with Gasteiger partial charge in [0, 0.05) is 0 Å². The van der Waals surface area contributed by atoms with E-state index < -0.39 is 34.3 Å². The Balaban J connectivity index is 1.92. The van der Waals surface area contributed by atoms with E-state index in [1.54, 1.807) is 12.1 Å². The third kappa shape index (κ3) is 2.29. The van der Waals surface area contributed by atoms with Gasteiger partial charge in [0.1, 0.15) is 6.10 Å². The van der Waals surface area contributed by atoms with Gasteiger partial charge in [-0.25, -0.2) is 13.2 Å². The second-order valence-electron chi connectivity index (χ2n) is 5.25. The summed E-state index contributed by atoms with van der Waals surface area (Å²) < 4.78 is 31.6. The minimum Gasteiger partial charge on any atom is -0.443 e. The van der Waals surface area contributed by atoms with Crippen LogP contribution in [-0.4, -0.2) is 55.3 Å². The second-order valence-corrected chi connectivity index (χ2v) is 7.14. The van der Waals surface area contributed by atoms with Crippen molar-refractivity contribution in [1.29, 1.82) is 0 Å². The molecule has 2 aliphatic heterocycles. The number of aryl methyl sites for hydroxylation is 1. The van der Waals surface area contributed by atoms with Gasteiger partial charge in [0.25, 0.3) is 0 Å². The highest BCUT2D eigenvalue weighted by atomic mass is 32.2. The van der Waals surface area contributed by atoms with Gasteiger partial charge in [-0.3, -0.25) is 0 Å². The SMILES string of the molecule is Cc1ccc(S(=O)(=O)N2C[C@H]3OC(=O)N[C@H]3[C@H]2CO)cc1. The van der Waals surface area contributed by atoms with E-state index in [-0.39, 0.29) is 18.0 Å². The fraction of sp³-hybridized carbons (Fsp3) is 0.462. The van der Waals surface area contributed by atoms with E-state index in [4.69, 9.17) is 4.74 Å². The first-order valence-electron chi connectivity index (χ1n) is 6.60. The summed E-state index contributed by atoms with van der Waals surface area (Å²) in [7, 11) is -3.73. The Morgan fingerprint density at radius 2 is 2.05 bits per heavy atom. The van der Waals surface area contributed by atoms with Crippen LogP contribution in [0.4, 0.5) is 4.79 Å². The van der Waals surface area contributed by atoms with Crippen molar-refractivity contribution in [2.45, 2.75) is 30.0 Å². The predicted octanol–water partition coefficient (Wildman–Crippen LogP) is -0.163. The van der Waals surface area contributed by atoms with Crippen molar-refractivity contribution in [3.05, 3.63) is 29.8 Å². The van der Waals surface area contributed by atoms with Crippen molar-refractivity contribution in [2.75, 3.05) is 13.2 Å². The molecule has 0 bridgehead atoms. The van der Waals surface area contributed by atoms with E-state index >= 15 is 0 Å². The highest BCUT2D eigenvalue weighted by Gasteiger charge is 2.52. The molecule has 0 saturated carbocycles. The summed E-state index contributed by atoms with van der Waals surface area (Å²) in [5, 5.41) is 12.1. The monoisotopic (exact) mass is 312 g/mol. The Bertz CT molecular complexity index is 658. The lowest BCUT2D eigenvalue weighted by atomic mass is 10.1. The van der Waals surface area contributed by atoms with Gasteiger partial charge >= 0.3 is 6.09 Å². The van der Waals surface area contributed by atoms with Crippen molar-refractivity contribution < 1.29 is 23.1 Å². The standard InChI is InChI=1S/C13H16N2O5S/c1-8-2-4-9(5-3-8)21(18,19)15-6-11-12(10(15)7-16)14-13(17)20-11/h2-5,10-12,16H,6-7H2,1H3,(H,14,17)/t10-,11-,12+/m1/s1. The number of carbonyl (C=O) groups excluding carboxylic acids is 1. The molecular formula is C13H16N2O5S.